The summed E-state index contributed by atoms with van der Waals surface area (Å²) >= 11 is 0. The second kappa shape index (κ2) is 3.85. The van der Waals surface area contributed by atoms with Gasteiger partial charge in [0.05, 0.1) is 0 Å². The lowest BCUT2D eigenvalue weighted by Crippen LogP contribution is -2.24. The molecule has 3 N–H and O–H groups in total. The largest absolute Gasteiger partial charge is 0.368 e. The fraction of sp³-hybridized carbons (Fsp3) is 0.333. The van der Waals surface area contributed by atoms with Gasteiger partial charge in [0, 0.05) is 19.2 Å². The van der Waals surface area contributed by atoms with Gasteiger partial charge in [0.1, 0.15) is 0 Å². The first-order valence-electron chi connectivity index (χ1n) is 5.74. The van der Waals surface area contributed by atoms with Crippen molar-refractivity contribution in [2.24, 2.45) is 7.05 Å². The summed E-state index contributed by atoms with van der Waals surface area (Å²) in [6.45, 7) is 1.93. The molecule has 1 aromatic heterocycles. The molecular weight excluding hydrogens is 214 g/mol. The lowest BCUT2D eigenvalue weighted by atomic mass is 9.95. The molecule has 0 unspecified atom stereocenters. The average molecular weight is 229 g/mol. The molecule has 0 atom stereocenters. The molecule has 5 nitrogen and oxygen atoms in total. The van der Waals surface area contributed by atoms with Crippen molar-refractivity contribution in [2.75, 3.05) is 12.3 Å². The number of hydrogen-bond acceptors (Lipinski definition) is 4. The highest BCUT2D eigenvalue weighted by Gasteiger charge is 2.16. The van der Waals surface area contributed by atoms with Crippen LogP contribution in [0.4, 0.5) is 5.95 Å². The summed E-state index contributed by atoms with van der Waals surface area (Å²) in [5.74, 6) is 1.18. The van der Waals surface area contributed by atoms with Crippen LogP contribution in [0.15, 0.2) is 18.2 Å². The molecule has 0 radical (unpaired) electrons. The Bertz CT molecular complexity index is 539. The maximum Gasteiger partial charge on any atom is 0.218 e. The molecule has 17 heavy (non-hydrogen) atoms. The standard InChI is InChI=1S/C12H15N5/c1-17-12(13)15-11(16-17)10-4-2-3-8-7-14-6-5-9(8)10/h2-4,14H,5-7H2,1H3,(H2,13,15,16). The number of nitrogens with two attached hydrogens (primary N) is 1. The van der Waals surface area contributed by atoms with Crippen LogP contribution in [0.25, 0.3) is 11.4 Å². The van der Waals surface area contributed by atoms with Crippen molar-refractivity contribution in [3.63, 3.8) is 0 Å². The minimum absolute atomic E-state index is 0.450. The van der Waals surface area contributed by atoms with E-state index in [1.165, 1.54) is 11.1 Å². The van der Waals surface area contributed by atoms with Crippen molar-refractivity contribution in [2.45, 2.75) is 13.0 Å². The van der Waals surface area contributed by atoms with E-state index in [0.717, 1.165) is 30.9 Å². The molecule has 1 aliphatic heterocycles. The zero-order valence-corrected chi connectivity index (χ0v) is 9.77. The van der Waals surface area contributed by atoms with E-state index in [9.17, 15) is 0 Å². The number of aromatic nitrogens is 3. The lowest BCUT2D eigenvalue weighted by molar-refractivity contribution is 0.644. The van der Waals surface area contributed by atoms with Gasteiger partial charge in [-0.05, 0) is 24.1 Å². The summed E-state index contributed by atoms with van der Waals surface area (Å²) in [5, 5.41) is 7.71. The zero-order valence-electron chi connectivity index (χ0n) is 9.77. The Labute approximate surface area is 99.7 Å². The second-order valence-corrected chi connectivity index (χ2v) is 4.29. The van der Waals surface area contributed by atoms with E-state index in [1.807, 2.05) is 13.1 Å². The number of benzene rings is 1. The number of nitrogens with one attached hydrogen (secondary N) is 1. The van der Waals surface area contributed by atoms with Gasteiger partial charge in [-0.15, -0.1) is 5.10 Å². The van der Waals surface area contributed by atoms with E-state index >= 15 is 0 Å². The number of nitrogen functional groups attached to an aromatic ring is 1. The Morgan fingerprint density at radius 3 is 3.06 bits per heavy atom. The third-order valence-electron chi connectivity index (χ3n) is 3.18. The molecule has 0 spiro atoms. The Morgan fingerprint density at radius 1 is 1.41 bits per heavy atom. The van der Waals surface area contributed by atoms with Crippen molar-refractivity contribution >= 4 is 5.95 Å². The maximum absolute atomic E-state index is 5.73. The van der Waals surface area contributed by atoms with Gasteiger partial charge in [-0.3, -0.25) is 0 Å². The Balaban J connectivity index is 2.14. The molecule has 2 aromatic rings. The van der Waals surface area contributed by atoms with E-state index in [-0.39, 0.29) is 0 Å². The summed E-state index contributed by atoms with van der Waals surface area (Å²) in [6.07, 6.45) is 1.02. The quantitative estimate of drug-likeness (QED) is 0.755. The molecule has 0 saturated carbocycles. The fourth-order valence-electron chi connectivity index (χ4n) is 2.25. The van der Waals surface area contributed by atoms with Gasteiger partial charge in [0.15, 0.2) is 5.82 Å². The predicted molar refractivity (Wildman–Crippen MR) is 66.3 cm³/mol. The van der Waals surface area contributed by atoms with Crippen molar-refractivity contribution in [1.82, 2.24) is 20.1 Å². The molecule has 1 aliphatic rings. The molecule has 0 fully saturated rings. The topological polar surface area (TPSA) is 68.8 Å². The molecule has 1 aromatic carbocycles. The van der Waals surface area contributed by atoms with Crippen LogP contribution in [0.5, 0.6) is 0 Å². The van der Waals surface area contributed by atoms with E-state index in [1.54, 1.807) is 4.68 Å². The lowest BCUT2D eigenvalue weighted by Gasteiger charge is -2.18. The minimum atomic E-state index is 0.450. The summed E-state index contributed by atoms with van der Waals surface area (Å²) in [4.78, 5) is 4.30. The second-order valence-electron chi connectivity index (χ2n) is 4.29. The Morgan fingerprint density at radius 2 is 2.29 bits per heavy atom. The third-order valence-corrected chi connectivity index (χ3v) is 3.18. The van der Waals surface area contributed by atoms with Gasteiger partial charge in [0.25, 0.3) is 0 Å². The van der Waals surface area contributed by atoms with Gasteiger partial charge in [0.2, 0.25) is 5.95 Å². The molecule has 2 heterocycles. The molecule has 88 valence electrons. The molecule has 0 aliphatic carbocycles. The van der Waals surface area contributed by atoms with Crippen LogP contribution in [0, 0.1) is 0 Å². The highest BCUT2D eigenvalue weighted by Crippen LogP contribution is 2.26. The molecule has 3 rings (SSSR count). The van der Waals surface area contributed by atoms with Crippen LogP contribution in [0.3, 0.4) is 0 Å². The number of aryl methyl sites for hydroxylation is 1. The smallest absolute Gasteiger partial charge is 0.218 e. The van der Waals surface area contributed by atoms with Gasteiger partial charge >= 0.3 is 0 Å². The number of nitrogens with zero attached hydrogens (tertiary/aromatic N) is 3. The number of rotatable bonds is 1. The first kappa shape index (κ1) is 10.3. The SMILES string of the molecule is Cn1nc(-c2cccc3c2CCNC3)nc1N. The minimum Gasteiger partial charge on any atom is -0.368 e. The van der Waals surface area contributed by atoms with Crippen molar-refractivity contribution in [3.8, 4) is 11.4 Å². The number of hydrogen-bond donors (Lipinski definition) is 2. The summed E-state index contributed by atoms with van der Waals surface area (Å²) in [6, 6.07) is 6.27. The van der Waals surface area contributed by atoms with Crippen LogP contribution in [-0.4, -0.2) is 21.3 Å². The summed E-state index contributed by atoms with van der Waals surface area (Å²) in [5.41, 5.74) is 9.52. The Kier molecular flexibility index (Phi) is 2.33. The van der Waals surface area contributed by atoms with Crippen LogP contribution in [0.1, 0.15) is 11.1 Å². The van der Waals surface area contributed by atoms with Crippen LogP contribution >= 0.6 is 0 Å². The average Bonchev–Trinajstić information content (AvgIpc) is 2.69. The van der Waals surface area contributed by atoms with Crippen molar-refractivity contribution < 1.29 is 0 Å². The first-order chi connectivity index (χ1) is 8.25. The normalized spacial score (nSPS) is 14.6. The number of anilines is 1. The molecule has 0 saturated heterocycles. The van der Waals surface area contributed by atoms with Crippen LogP contribution in [-0.2, 0) is 20.0 Å². The molecule has 5 heteroatoms. The Hall–Kier alpha value is -1.88. The van der Waals surface area contributed by atoms with E-state index in [4.69, 9.17) is 5.73 Å². The van der Waals surface area contributed by atoms with Gasteiger partial charge in [-0.25, -0.2) is 4.68 Å². The van der Waals surface area contributed by atoms with E-state index in [0.29, 0.717) is 5.95 Å². The van der Waals surface area contributed by atoms with E-state index in [2.05, 4.69) is 27.5 Å². The van der Waals surface area contributed by atoms with E-state index < -0.39 is 0 Å². The first-order valence-corrected chi connectivity index (χ1v) is 5.74. The highest BCUT2D eigenvalue weighted by atomic mass is 15.4. The monoisotopic (exact) mass is 229 g/mol. The molecule has 0 bridgehead atoms. The van der Waals surface area contributed by atoms with Crippen LogP contribution in [0.2, 0.25) is 0 Å². The zero-order chi connectivity index (χ0) is 11.8. The van der Waals surface area contributed by atoms with Crippen LogP contribution < -0.4 is 11.1 Å². The number of fused-ring (bicyclic) bond motifs is 1. The van der Waals surface area contributed by atoms with Crippen molar-refractivity contribution in [1.29, 1.82) is 0 Å². The molecule has 0 amide bonds. The fourth-order valence-corrected chi connectivity index (χ4v) is 2.25. The predicted octanol–water partition coefficient (Wildman–Crippen LogP) is 0.710. The van der Waals surface area contributed by atoms with Gasteiger partial charge in [-0.1, -0.05) is 18.2 Å². The summed E-state index contributed by atoms with van der Waals surface area (Å²) in [7, 11) is 1.81. The van der Waals surface area contributed by atoms with Gasteiger partial charge < -0.3 is 11.1 Å². The highest BCUT2D eigenvalue weighted by molar-refractivity contribution is 5.63. The summed E-state index contributed by atoms with van der Waals surface area (Å²) < 4.78 is 1.61. The molecular formula is C12H15N5. The van der Waals surface area contributed by atoms with Crippen molar-refractivity contribution in [3.05, 3.63) is 29.3 Å². The maximum atomic E-state index is 5.73. The third kappa shape index (κ3) is 1.68. The van der Waals surface area contributed by atoms with Gasteiger partial charge in [-0.2, -0.15) is 4.98 Å².